The van der Waals surface area contributed by atoms with Crippen LogP contribution >= 0.6 is 24.4 Å². The van der Waals surface area contributed by atoms with Gasteiger partial charge in [0.2, 0.25) is 0 Å². The SMILES string of the molecule is CCOCCCNC(=S)NNC(=S)Nc1ccc(C)cc1. The lowest BCUT2D eigenvalue weighted by Gasteiger charge is -2.14. The van der Waals surface area contributed by atoms with E-state index in [-0.39, 0.29) is 0 Å². The minimum Gasteiger partial charge on any atom is -0.382 e. The Bertz CT molecular complexity index is 451. The molecule has 1 rings (SSSR count). The van der Waals surface area contributed by atoms with E-state index in [0.717, 1.165) is 31.9 Å². The van der Waals surface area contributed by atoms with Crippen LogP contribution < -0.4 is 21.5 Å². The van der Waals surface area contributed by atoms with Crippen molar-refractivity contribution in [1.29, 1.82) is 0 Å². The molecule has 0 atom stereocenters. The smallest absolute Gasteiger partial charge is 0.189 e. The summed E-state index contributed by atoms with van der Waals surface area (Å²) in [7, 11) is 0. The van der Waals surface area contributed by atoms with Gasteiger partial charge in [-0.2, -0.15) is 0 Å². The predicted octanol–water partition coefficient (Wildman–Crippen LogP) is 2.09. The first-order valence-corrected chi connectivity index (χ1v) is 7.68. The van der Waals surface area contributed by atoms with Crippen LogP contribution in [-0.4, -0.2) is 30.0 Å². The number of hydrogen-bond donors (Lipinski definition) is 4. The number of hydrazine groups is 1. The third-order valence-corrected chi connectivity index (χ3v) is 3.00. The Kier molecular flexibility index (Phi) is 8.65. The van der Waals surface area contributed by atoms with Crippen LogP contribution in [0.5, 0.6) is 0 Å². The Morgan fingerprint density at radius 1 is 1.10 bits per heavy atom. The maximum absolute atomic E-state index is 5.24. The highest BCUT2D eigenvalue weighted by Crippen LogP contribution is 2.07. The van der Waals surface area contributed by atoms with Crippen LogP contribution in [0.4, 0.5) is 5.69 Å². The van der Waals surface area contributed by atoms with Crippen molar-refractivity contribution in [2.75, 3.05) is 25.1 Å². The maximum atomic E-state index is 5.24. The minimum atomic E-state index is 0.456. The molecule has 0 unspecified atom stereocenters. The van der Waals surface area contributed by atoms with Gasteiger partial charge in [0.05, 0.1) is 0 Å². The van der Waals surface area contributed by atoms with Crippen molar-refractivity contribution in [3.63, 3.8) is 0 Å². The topological polar surface area (TPSA) is 57.4 Å². The van der Waals surface area contributed by atoms with Gasteiger partial charge >= 0.3 is 0 Å². The van der Waals surface area contributed by atoms with E-state index in [1.165, 1.54) is 5.56 Å². The molecule has 0 aliphatic heterocycles. The molecule has 1 aromatic rings. The van der Waals surface area contributed by atoms with Gasteiger partial charge in [0.1, 0.15) is 0 Å². The van der Waals surface area contributed by atoms with E-state index in [2.05, 4.69) is 21.5 Å². The number of thiocarbonyl (C=S) groups is 2. The first-order valence-electron chi connectivity index (χ1n) is 6.87. The Hall–Kier alpha value is -1.44. The fourth-order valence-corrected chi connectivity index (χ4v) is 1.80. The average molecular weight is 326 g/mol. The van der Waals surface area contributed by atoms with E-state index in [1.807, 2.05) is 38.1 Å². The van der Waals surface area contributed by atoms with E-state index in [0.29, 0.717) is 10.2 Å². The first kappa shape index (κ1) is 17.6. The lowest BCUT2D eigenvalue weighted by molar-refractivity contribution is 0.145. The lowest BCUT2D eigenvalue weighted by Crippen LogP contribution is -2.48. The zero-order chi connectivity index (χ0) is 15.5. The second-order valence-corrected chi connectivity index (χ2v) is 5.19. The molecule has 1 aromatic carbocycles. The van der Waals surface area contributed by atoms with Crippen LogP contribution in [0, 0.1) is 6.92 Å². The summed E-state index contributed by atoms with van der Waals surface area (Å²) in [4.78, 5) is 0. The normalized spacial score (nSPS) is 9.81. The van der Waals surface area contributed by atoms with Gasteiger partial charge in [-0.1, -0.05) is 17.7 Å². The molecule has 0 fully saturated rings. The number of nitrogens with one attached hydrogen (secondary N) is 4. The summed E-state index contributed by atoms with van der Waals surface area (Å²) in [5.74, 6) is 0. The largest absolute Gasteiger partial charge is 0.382 e. The summed E-state index contributed by atoms with van der Waals surface area (Å²) < 4.78 is 5.24. The average Bonchev–Trinajstić information content (AvgIpc) is 2.47. The summed E-state index contributed by atoms with van der Waals surface area (Å²) in [5.41, 5.74) is 7.79. The number of anilines is 1. The summed E-state index contributed by atoms with van der Waals surface area (Å²) in [6.45, 7) is 6.24. The first-order chi connectivity index (χ1) is 10.1. The second-order valence-electron chi connectivity index (χ2n) is 4.38. The molecule has 0 saturated carbocycles. The van der Waals surface area contributed by atoms with Crippen molar-refractivity contribution < 1.29 is 4.74 Å². The van der Waals surface area contributed by atoms with E-state index in [4.69, 9.17) is 29.2 Å². The number of hydrogen-bond acceptors (Lipinski definition) is 3. The molecule has 0 radical (unpaired) electrons. The zero-order valence-corrected chi connectivity index (χ0v) is 14.0. The Morgan fingerprint density at radius 2 is 1.76 bits per heavy atom. The van der Waals surface area contributed by atoms with Crippen LogP contribution in [-0.2, 0) is 4.74 Å². The number of aryl methyl sites for hydroxylation is 1. The molecule has 4 N–H and O–H groups in total. The molecule has 116 valence electrons. The Morgan fingerprint density at radius 3 is 2.43 bits per heavy atom. The van der Waals surface area contributed by atoms with Gasteiger partial charge in [-0.3, -0.25) is 10.9 Å². The van der Waals surface area contributed by atoms with E-state index in [1.54, 1.807) is 0 Å². The van der Waals surface area contributed by atoms with Gasteiger partial charge in [0, 0.05) is 25.4 Å². The Balaban J connectivity index is 2.14. The van der Waals surface area contributed by atoms with Crippen molar-refractivity contribution in [1.82, 2.24) is 16.2 Å². The minimum absolute atomic E-state index is 0.456. The van der Waals surface area contributed by atoms with Gasteiger partial charge < -0.3 is 15.4 Å². The fraction of sp³-hybridized carbons (Fsp3) is 0.429. The highest BCUT2D eigenvalue weighted by atomic mass is 32.1. The van der Waals surface area contributed by atoms with Crippen LogP contribution in [0.2, 0.25) is 0 Å². The fourth-order valence-electron chi connectivity index (χ4n) is 1.48. The summed E-state index contributed by atoms with van der Waals surface area (Å²) >= 11 is 10.3. The maximum Gasteiger partial charge on any atom is 0.189 e. The van der Waals surface area contributed by atoms with Gasteiger partial charge in [-0.15, -0.1) is 0 Å². The van der Waals surface area contributed by atoms with Crippen LogP contribution in [0.15, 0.2) is 24.3 Å². The lowest BCUT2D eigenvalue weighted by atomic mass is 10.2. The molecule has 0 aromatic heterocycles. The third kappa shape index (κ3) is 8.44. The van der Waals surface area contributed by atoms with Crippen molar-refractivity contribution in [2.24, 2.45) is 0 Å². The van der Waals surface area contributed by atoms with E-state index in [9.17, 15) is 0 Å². The van der Waals surface area contributed by atoms with Gasteiger partial charge in [0.25, 0.3) is 0 Å². The van der Waals surface area contributed by atoms with E-state index < -0.39 is 0 Å². The third-order valence-electron chi connectivity index (χ3n) is 2.55. The Labute approximate surface area is 136 Å². The van der Waals surface area contributed by atoms with Gasteiger partial charge in [0.15, 0.2) is 10.2 Å². The van der Waals surface area contributed by atoms with Gasteiger partial charge in [-0.25, -0.2) is 0 Å². The van der Waals surface area contributed by atoms with Crippen molar-refractivity contribution in [3.05, 3.63) is 29.8 Å². The highest BCUT2D eigenvalue weighted by molar-refractivity contribution is 7.80. The van der Waals surface area contributed by atoms with Crippen molar-refractivity contribution in [2.45, 2.75) is 20.3 Å². The monoisotopic (exact) mass is 326 g/mol. The second kappa shape index (κ2) is 10.3. The molecule has 0 aliphatic carbocycles. The van der Waals surface area contributed by atoms with Crippen LogP contribution in [0.25, 0.3) is 0 Å². The van der Waals surface area contributed by atoms with Crippen LogP contribution in [0.3, 0.4) is 0 Å². The molecular weight excluding hydrogens is 304 g/mol. The molecular formula is C14H22N4OS2. The number of rotatable bonds is 6. The number of benzene rings is 1. The van der Waals surface area contributed by atoms with Crippen molar-refractivity contribution >= 4 is 40.3 Å². The molecule has 0 heterocycles. The summed E-state index contributed by atoms with van der Waals surface area (Å²) in [5, 5.41) is 7.07. The van der Waals surface area contributed by atoms with Crippen molar-refractivity contribution in [3.8, 4) is 0 Å². The molecule has 7 heteroatoms. The quantitative estimate of drug-likeness (QED) is 0.363. The van der Waals surface area contributed by atoms with E-state index >= 15 is 0 Å². The molecule has 0 amide bonds. The van der Waals surface area contributed by atoms with Crippen LogP contribution in [0.1, 0.15) is 18.9 Å². The standard InChI is InChI=1S/C14H22N4OS2/c1-3-19-10-4-9-15-13(20)17-18-14(21)16-12-7-5-11(2)6-8-12/h5-8H,3-4,9-10H2,1-2H3,(H2,15,17,20)(H2,16,18,21). The zero-order valence-electron chi connectivity index (χ0n) is 12.4. The highest BCUT2D eigenvalue weighted by Gasteiger charge is 1.98. The molecule has 21 heavy (non-hydrogen) atoms. The molecule has 5 nitrogen and oxygen atoms in total. The molecule has 0 spiro atoms. The predicted molar refractivity (Wildman–Crippen MR) is 95.4 cm³/mol. The summed E-state index contributed by atoms with van der Waals surface area (Å²) in [6, 6.07) is 7.97. The molecule has 0 aliphatic rings. The summed E-state index contributed by atoms with van der Waals surface area (Å²) in [6.07, 6.45) is 0.904. The number of ether oxygens (including phenoxy) is 1. The molecule has 0 saturated heterocycles. The van der Waals surface area contributed by atoms with Gasteiger partial charge in [-0.05, 0) is 56.8 Å². The molecule has 0 bridgehead atoms.